The fraction of sp³-hybridized carbons (Fsp3) is 0.500. The smallest absolute Gasteiger partial charge is 0.0742 e. The van der Waals surface area contributed by atoms with E-state index in [2.05, 4.69) is 29.6 Å². The standard InChI is InChI=1S/C10H14N2.C2H6/c1-12-10(11)6-8-4-2-3-5-9(8)7-10;1-2/h2-5,12H,6-7,11H2,1H3;1-2H3. The van der Waals surface area contributed by atoms with Crippen LogP contribution >= 0.6 is 0 Å². The molecular formula is C12H20N2. The van der Waals surface area contributed by atoms with E-state index in [0.717, 1.165) is 12.8 Å². The predicted octanol–water partition coefficient (Wildman–Crippen LogP) is 1.69. The largest absolute Gasteiger partial charge is 0.313 e. The lowest BCUT2D eigenvalue weighted by Gasteiger charge is -2.22. The average molecular weight is 192 g/mol. The predicted molar refractivity (Wildman–Crippen MR) is 61.2 cm³/mol. The van der Waals surface area contributed by atoms with Crippen LogP contribution in [0, 0.1) is 0 Å². The summed E-state index contributed by atoms with van der Waals surface area (Å²) in [6.07, 6.45) is 1.89. The Balaban J connectivity index is 0.000000461. The van der Waals surface area contributed by atoms with Crippen molar-refractivity contribution in [3.05, 3.63) is 35.4 Å². The van der Waals surface area contributed by atoms with Crippen LogP contribution in [0.5, 0.6) is 0 Å². The van der Waals surface area contributed by atoms with Crippen LogP contribution in [0.15, 0.2) is 24.3 Å². The Hall–Kier alpha value is -0.860. The molecule has 0 atom stereocenters. The molecule has 1 aromatic carbocycles. The maximum Gasteiger partial charge on any atom is 0.0742 e. The minimum atomic E-state index is -0.205. The van der Waals surface area contributed by atoms with Crippen molar-refractivity contribution < 1.29 is 0 Å². The molecule has 0 heterocycles. The van der Waals surface area contributed by atoms with Gasteiger partial charge in [0.2, 0.25) is 0 Å². The molecule has 0 bridgehead atoms. The number of nitrogens with two attached hydrogens (primary N) is 1. The van der Waals surface area contributed by atoms with E-state index in [1.807, 2.05) is 20.9 Å². The van der Waals surface area contributed by atoms with E-state index in [1.165, 1.54) is 11.1 Å². The van der Waals surface area contributed by atoms with E-state index in [1.54, 1.807) is 0 Å². The molecule has 2 rings (SSSR count). The van der Waals surface area contributed by atoms with Gasteiger partial charge in [0, 0.05) is 12.8 Å². The summed E-state index contributed by atoms with van der Waals surface area (Å²) in [7, 11) is 1.92. The topological polar surface area (TPSA) is 38.0 Å². The molecule has 2 heteroatoms. The summed E-state index contributed by atoms with van der Waals surface area (Å²) in [4.78, 5) is 0. The van der Waals surface area contributed by atoms with Gasteiger partial charge in [0.15, 0.2) is 0 Å². The molecule has 0 saturated heterocycles. The monoisotopic (exact) mass is 192 g/mol. The van der Waals surface area contributed by atoms with Crippen molar-refractivity contribution in [3.63, 3.8) is 0 Å². The molecule has 0 amide bonds. The van der Waals surface area contributed by atoms with Crippen molar-refractivity contribution in [1.82, 2.24) is 5.32 Å². The Morgan fingerprint density at radius 3 is 1.93 bits per heavy atom. The molecule has 0 radical (unpaired) electrons. The van der Waals surface area contributed by atoms with Crippen LogP contribution < -0.4 is 11.1 Å². The summed E-state index contributed by atoms with van der Waals surface area (Å²) in [6, 6.07) is 8.45. The van der Waals surface area contributed by atoms with Crippen molar-refractivity contribution in [2.45, 2.75) is 32.4 Å². The molecule has 1 aliphatic rings. The summed E-state index contributed by atoms with van der Waals surface area (Å²) in [5.41, 5.74) is 8.66. The second-order valence-electron chi connectivity index (χ2n) is 3.53. The fourth-order valence-electron chi connectivity index (χ4n) is 1.82. The van der Waals surface area contributed by atoms with Gasteiger partial charge in [0.05, 0.1) is 5.66 Å². The highest BCUT2D eigenvalue weighted by molar-refractivity contribution is 5.35. The van der Waals surface area contributed by atoms with Crippen LogP contribution in [-0.4, -0.2) is 12.7 Å². The number of benzene rings is 1. The first-order chi connectivity index (χ1) is 6.73. The second kappa shape index (κ2) is 4.58. The molecule has 78 valence electrons. The third kappa shape index (κ3) is 2.14. The average Bonchev–Trinajstić information content (AvgIpc) is 2.58. The molecule has 0 spiro atoms. The van der Waals surface area contributed by atoms with E-state index in [-0.39, 0.29) is 5.66 Å². The second-order valence-corrected chi connectivity index (χ2v) is 3.53. The third-order valence-corrected chi connectivity index (χ3v) is 2.63. The lowest BCUT2D eigenvalue weighted by Crippen LogP contribution is -2.52. The van der Waals surface area contributed by atoms with E-state index in [9.17, 15) is 0 Å². The Morgan fingerprint density at radius 1 is 1.14 bits per heavy atom. The van der Waals surface area contributed by atoms with E-state index < -0.39 is 0 Å². The molecule has 0 saturated carbocycles. The van der Waals surface area contributed by atoms with E-state index in [4.69, 9.17) is 5.73 Å². The summed E-state index contributed by atoms with van der Waals surface area (Å²) in [6.45, 7) is 4.00. The van der Waals surface area contributed by atoms with Crippen LogP contribution in [0.1, 0.15) is 25.0 Å². The summed E-state index contributed by atoms with van der Waals surface area (Å²) >= 11 is 0. The number of nitrogens with one attached hydrogen (secondary N) is 1. The van der Waals surface area contributed by atoms with Gasteiger partial charge in [-0.25, -0.2) is 0 Å². The number of rotatable bonds is 1. The molecule has 0 aliphatic heterocycles. The minimum absolute atomic E-state index is 0.205. The van der Waals surface area contributed by atoms with Gasteiger partial charge in [-0.15, -0.1) is 0 Å². The summed E-state index contributed by atoms with van der Waals surface area (Å²) in [5, 5.41) is 3.16. The number of hydrogen-bond donors (Lipinski definition) is 2. The van der Waals surface area contributed by atoms with Gasteiger partial charge in [-0.1, -0.05) is 38.1 Å². The molecule has 2 nitrogen and oxygen atoms in total. The van der Waals surface area contributed by atoms with Crippen molar-refractivity contribution in [2.75, 3.05) is 7.05 Å². The van der Waals surface area contributed by atoms with Crippen molar-refractivity contribution >= 4 is 0 Å². The first-order valence-electron chi connectivity index (χ1n) is 5.28. The zero-order valence-corrected chi connectivity index (χ0v) is 9.30. The Morgan fingerprint density at radius 2 is 1.57 bits per heavy atom. The molecule has 3 N–H and O–H groups in total. The highest BCUT2D eigenvalue weighted by atomic mass is 15.1. The number of fused-ring (bicyclic) bond motifs is 1. The number of hydrogen-bond acceptors (Lipinski definition) is 2. The fourth-order valence-corrected chi connectivity index (χ4v) is 1.82. The van der Waals surface area contributed by atoms with Gasteiger partial charge in [0.1, 0.15) is 0 Å². The zero-order valence-electron chi connectivity index (χ0n) is 9.30. The number of likely N-dealkylation sites (N-methyl/N-ethyl adjacent to an activating group) is 1. The van der Waals surface area contributed by atoms with Crippen molar-refractivity contribution in [2.24, 2.45) is 5.73 Å². The van der Waals surface area contributed by atoms with E-state index >= 15 is 0 Å². The maximum absolute atomic E-state index is 6.10. The Bertz CT molecular complexity index is 269. The Kier molecular flexibility index (Phi) is 3.67. The van der Waals surface area contributed by atoms with Crippen LogP contribution in [0.2, 0.25) is 0 Å². The first-order valence-corrected chi connectivity index (χ1v) is 5.28. The zero-order chi connectivity index (χ0) is 10.6. The Labute approximate surface area is 86.5 Å². The van der Waals surface area contributed by atoms with Gasteiger partial charge in [-0.3, -0.25) is 0 Å². The van der Waals surface area contributed by atoms with Crippen molar-refractivity contribution in [3.8, 4) is 0 Å². The van der Waals surface area contributed by atoms with E-state index in [0.29, 0.717) is 0 Å². The lowest BCUT2D eigenvalue weighted by molar-refractivity contribution is 0.382. The molecule has 0 aromatic heterocycles. The molecule has 0 unspecified atom stereocenters. The van der Waals surface area contributed by atoms with Crippen LogP contribution in [-0.2, 0) is 12.8 Å². The third-order valence-electron chi connectivity index (χ3n) is 2.63. The van der Waals surface area contributed by atoms with Gasteiger partial charge >= 0.3 is 0 Å². The highest BCUT2D eigenvalue weighted by Gasteiger charge is 2.31. The van der Waals surface area contributed by atoms with Gasteiger partial charge in [-0.05, 0) is 18.2 Å². The molecule has 1 aromatic rings. The van der Waals surface area contributed by atoms with Crippen LogP contribution in [0.4, 0.5) is 0 Å². The van der Waals surface area contributed by atoms with Crippen molar-refractivity contribution in [1.29, 1.82) is 0 Å². The van der Waals surface area contributed by atoms with Gasteiger partial charge < -0.3 is 11.1 Å². The normalized spacial score (nSPS) is 16.9. The van der Waals surface area contributed by atoms with Gasteiger partial charge in [0.25, 0.3) is 0 Å². The quantitative estimate of drug-likeness (QED) is 0.664. The maximum atomic E-state index is 6.10. The van der Waals surface area contributed by atoms with Gasteiger partial charge in [-0.2, -0.15) is 0 Å². The highest BCUT2D eigenvalue weighted by Crippen LogP contribution is 2.25. The summed E-state index contributed by atoms with van der Waals surface area (Å²) in [5.74, 6) is 0. The molecule has 0 fully saturated rings. The lowest BCUT2D eigenvalue weighted by atomic mass is 10.1. The molecule has 14 heavy (non-hydrogen) atoms. The van der Waals surface area contributed by atoms with Crippen LogP contribution in [0.3, 0.4) is 0 Å². The first kappa shape index (κ1) is 11.2. The minimum Gasteiger partial charge on any atom is -0.313 e. The van der Waals surface area contributed by atoms with Crippen LogP contribution in [0.25, 0.3) is 0 Å². The summed E-state index contributed by atoms with van der Waals surface area (Å²) < 4.78 is 0. The molecular weight excluding hydrogens is 172 g/mol. The SMILES string of the molecule is CC.CNC1(N)Cc2ccccc2C1. The molecule has 1 aliphatic carbocycles.